The molecule has 0 aliphatic rings. The highest BCUT2D eigenvalue weighted by Gasteiger charge is 2.18. The van der Waals surface area contributed by atoms with Gasteiger partial charge in [0.15, 0.2) is 5.82 Å². The van der Waals surface area contributed by atoms with E-state index in [0.717, 1.165) is 0 Å². The maximum absolute atomic E-state index is 12.9. The molecule has 4 aromatic heterocycles. The normalized spacial score (nSPS) is 11.0. The molecule has 28 heteroatoms. The average molecular weight is 1090 g/mol. The summed E-state index contributed by atoms with van der Waals surface area (Å²) in [4.78, 5) is 93.4. The van der Waals surface area contributed by atoms with Crippen LogP contribution in [-0.2, 0) is 78.2 Å². The first-order valence-corrected chi connectivity index (χ1v) is 24.8. The lowest BCUT2D eigenvalue weighted by molar-refractivity contribution is -0.121. The second kappa shape index (κ2) is 36.6. The van der Waals surface area contributed by atoms with E-state index in [0.29, 0.717) is 135 Å². The predicted octanol–water partition coefficient (Wildman–Crippen LogP) is 0.478. The van der Waals surface area contributed by atoms with Gasteiger partial charge in [0, 0.05) is 85.2 Å². The molecule has 0 aliphatic carbocycles. The number of ether oxygens (including phenoxy) is 9. The summed E-state index contributed by atoms with van der Waals surface area (Å²) in [6, 6.07) is 6.39. The zero-order valence-corrected chi connectivity index (χ0v) is 44.0. The predicted molar refractivity (Wildman–Crippen MR) is 278 cm³/mol. The third-order valence-electron chi connectivity index (χ3n) is 10.3. The van der Waals surface area contributed by atoms with Gasteiger partial charge >= 0.3 is 0 Å². The van der Waals surface area contributed by atoms with Crippen LogP contribution in [0.2, 0.25) is 0 Å². The zero-order chi connectivity index (χ0) is 55.5. The van der Waals surface area contributed by atoms with Crippen molar-refractivity contribution in [1.29, 1.82) is 0 Å². The third kappa shape index (κ3) is 25.9. The molecule has 0 aliphatic heterocycles. The second-order valence-corrected chi connectivity index (χ2v) is 16.5. The fraction of sp³-hybridized carbons (Fsp3) is 0.531. The first kappa shape index (κ1) is 62.2. The van der Waals surface area contributed by atoms with Gasteiger partial charge in [-0.25, -0.2) is 9.97 Å². The van der Waals surface area contributed by atoms with E-state index in [-0.39, 0.29) is 73.9 Å². The van der Waals surface area contributed by atoms with Gasteiger partial charge in [-0.1, -0.05) is 0 Å². The van der Waals surface area contributed by atoms with Gasteiger partial charge in [-0.2, -0.15) is 0 Å². The number of aromatic nitrogens is 5. The number of rotatable bonds is 42. The number of amides is 7. The van der Waals surface area contributed by atoms with Crippen LogP contribution >= 0.6 is 0 Å². The Hall–Kier alpha value is -7.31. The lowest BCUT2D eigenvalue weighted by atomic mass is 10.3. The van der Waals surface area contributed by atoms with E-state index in [1.165, 1.54) is 40.6 Å². The number of carbonyl (C=O) groups excluding carboxylic acids is 7. The van der Waals surface area contributed by atoms with Crippen LogP contribution in [0.5, 0.6) is 5.88 Å². The van der Waals surface area contributed by atoms with Crippen LogP contribution in [0.4, 0.5) is 22.9 Å². The summed E-state index contributed by atoms with van der Waals surface area (Å²) in [7, 11) is 4.87. The Kier molecular flexibility index (Phi) is 29.6. The Morgan fingerprint density at radius 3 is 1.53 bits per heavy atom. The quantitative estimate of drug-likeness (QED) is 0.0234. The number of aryl methyl sites for hydroxylation is 3. The standard InChI is InChI=1S/C49H72N12O16/c1-36(63)55-37-5-6-45(53-31-37)77-28-27-76-26-25-75-24-23-74-22-21-73-20-19-72-18-17-71-16-15-70-14-13-69-12-11-50-43(64)7-9-52-49(68)46-58-42(34-61(46)4)57-44(65)8-10-51-47(66)40-30-39(33-60(40)3)56-48(67)41-29-38(54-35-62)32-59(41)2/h5-6,29-35H,7-28H2,1-4H3,(H,50,64)(H,51,66)(H,52,68)(H,54,62)(H,55,63)(H,56,67)(H,57,65). The first-order valence-electron chi connectivity index (χ1n) is 24.8. The number of nitrogens with zero attached hydrogens (tertiary/aromatic N) is 5. The molecule has 77 heavy (non-hydrogen) atoms. The number of anilines is 4. The molecule has 0 unspecified atom stereocenters. The van der Waals surface area contributed by atoms with E-state index in [1.807, 2.05) is 0 Å². The summed E-state index contributed by atoms with van der Waals surface area (Å²) < 4.78 is 53.9. The van der Waals surface area contributed by atoms with Crippen molar-refractivity contribution in [3.8, 4) is 5.88 Å². The topological polar surface area (TPSA) is 327 Å². The van der Waals surface area contributed by atoms with E-state index in [1.54, 1.807) is 50.2 Å². The Bertz CT molecular complexity index is 2430. The molecular weight excluding hydrogens is 1010 g/mol. The van der Waals surface area contributed by atoms with E-state index in [2.05, 4.69) is 47.2 Å². The molecule has 0 aromatic carbocycles. The maximum Gasteiger partial charge on any atom is 0.287 e. The molecule has 0 saturated heterocycles. The Labute approximate surface area is 445 Å². The molecular formula is C49H72N12O16. The summed E-state index contributed by atoms with van der Waals surface area (Å²) >= 11 is 0. The van der Waals surface area contributed by atoms with Crippen LogP contribution in [0.25, 0.3) is 0 Å². The highest BCUT2D eigenvalue weighted by Crippen LogP contribution is 2.18. The summed E-state index contributed by atoms with van der Waals surface area (Å²) in [5.74, 6) is -1.78. The fourth-order valence-electron chi connectivity index (χ4n) is 6.62. The van der Waals surface area contributed by atoms with Gasteiger partial charge < -0.3 is 93.6 Å². The van der Waals surface area contributed by atoms with Crippen LogP contribution in [0.1, 0.15) is 51.4 Å². The van der Waals surface area contributed by atoms with Crippen LogP contribution in [0, 0.1) is 0 Å². The molecule has 0 spiro atoms. The minimum Gasteiger partial charge on any atom is -0.475 e. The van der Waals surface area contributed by atoms with E-state index < -0.39 is 23.6 Å². The van der Waals surface area contributed by atoms with Gasteiger partial charge in [0.2, 0.25) is 35.8 Å². The summed E-state index contributed by atoms with van der Waals surface area (Å²) in [6.07, 6.45) is 6.57. The Morgan fingerprint density at radius 1 is 0.506 bits per heavy atom. The molecule has 4 aromatic rings. The molecule has 0 bridgehead atoms. The molecule has 0 fully saturated rings. The number of nitrogens with one attached hydrogen (secondary N) is 7. The monoisotopic (exact) mass is 1080 g/mol. The molecule has 0 atom stereocenters. The van der Waals surface area contributed by atoms with Crippen LogP contribution < -0.4 is 42.0 Å². The van der Waals surface area contributed by atoms with Crippen molar-refractivity contribution in [1.82, 2.24) is 39.6 Å². The zero-order valence-electron chi connectivity index (χ0n) is 44.0. The summed E-state index contributed by atoms with van der Waals surface area (Å²) in [5.41, 5.74) is 1.95. The van der Waals surface area contributed by atoms with Crippen molar-refractivity contribution in [2.24, 2.45) is 21.1 Å². The SMILES string of the molecule is CC(=O)Nc1ccc(OCCOCCOCCOCCOCCOCCOCCOCCOCCNC(=O)CCNC(=O)c2nc(NC(=O)CCNC(=O)c3cc(NC(=O)c4cc(NC=O)cn4C)cn3C)cn2C)nc1. The molecule has 4 heterocycles. The van der Waals surface area contributed by atoms with E-state index in [4.69, 9.17) is 42.6 Å². The second-order valence-electron chi connectivity index (χ2n) is 16.5. The number of pyridine rings is 1. The minimum atomic E-state index is -0.542. The van der Waals surface area contributed by atoms with Crippen molar-refractivity contribution in [2.75, 3.05) is 153 Å². The third-order valence-corrected chi connectivity index (χ3v) is 10.3. The molecule has 28 nitrogen and oxygen atoms in total. The van der Waals surface area contributed by atoms with Crippen molar-refractivity contribution in [3.63, 3.8) is 0 Å². The number of hydrogen-bond donors (Lipinski definition) is 7. The van der Waals surface area contributed by atoms with E-state index >= 15 is 0 Å². The van der Waals surface area contributed by atoms with Crippen molar-refractivity contribution in [3.05, 3.63) is 66.3 Å². The molecule has 4 rings (SSSR count). The van der Waals surface area contributed by atoms with Gasteiger partial charge in [-0.05, 0) is 18.2 Å². The van der Waals surface area contributed by atoms with Crippen molar-refractivity contribution >= 4 is 64.7 Å². The molecule has 424 valence electrons. The molecule has 7 amide bonds. The van der Waals surface area contributed by atoms with Crippen LogP contribution in [-0.4, -0.2) is 197 Å². The summed E-state index contributed by atoms with van der Waals surface area (Å²) in [6.45, 7) is 8.60. The van der Waals surface area contributed by atoms with Gasteiger partial charge in [-0.3, -0.25) is 33.6 Å². The minimum absolute atomic E-state index is 0.0115. The Balaban J connectivity index is 0.873. The molecule has 7 N–H and O–H groups in total. The van der Waals surface area contributed by atoms with Crippen molar-refractivity contribution < 1.29 is 76.2 Å². The van der Waals surface area contributed by atoms with E-state index in [9.17, 15) is 33.6 Å². The van der Waals surface area contributed by atoms with Crippen LogP contribution in [0.3, 0.4) is 0 Å². The average Bonchev–Trinajstić information content (AvgIpc) is 4.09. The van der Waals surface area contributed by atoms with Gasteiger partial charge in [0.05, 0.1) is 129 Å². The van der Waals surface area contributed by atoms with Crippen LogP contribution in [0.15, 0.2) is 49.1 Å². The van der Waals surface area contributed by atoms with Gasteiger partial charge in [0.25, 0.3) is 17.7 Å². The first-order chi connectivity index (χ1) is 37.3. The number of carbonyl (C=O) groups is 7. The van der Waals surface area contributed by atoms with Gasteiger partial charge in [-0.15, -0.1) is 0 Å². The number of imidazole rings is 1. The molecule has 0 radical (unpaired) electrons. The largest absolute Gasteiger partial charge is 0.475 e. The molecule has 0 saturated carbocycles. The highest BCUT2D eigenvalue weighted by molar-refractivity contribution is 6.05. The Morgan fingerprint density at radius 2 is 1.00 bits per heavy atom. The smallest absolute Gasteiger partial charge is 0.287 e. The van der Waals surface area contributed by atoms with Gasteiger partial charge in [0.1, 0.15) is 18.0 Å². The van der Waals surface area contributed by atoms with Crippen molar-refractivity contribution in [2.45, 2.75) is 19.8 Å². The highest BCUT2D eigenvalue weighted by atomic mass is 16.6. The fourth-order valence-corrected chi connectivity index (χ4v) is 6.62. The number of hydrogen-bond acceptors (Lipinski definition) is 18. The lowest BCUT2D eigenvalue weighted by Crippen LogP contribution is -2.33. The lowest BCUT2D eigenvalue weighted by Gasteiger charge is -2.09. The summed E-state index contributed by atoms with van der Waals surface area (Å²) in [5, 5.41) is 18.5. The maximum atomic E-state index is 12.9.